The number of carbonyl (C=O) groups is 1. The first-order chi connectivity index (χ1) is 4.84. The molecule has 1 fully saturated rings. The minimum Gasteiger partial charge on any atom is -0.377 e. The van der Waals surface area contributed by atoms with Gasteiger partial charge in [0.15, 0.2) is 5.78 Å². The monoisotopic (exact) mass is 143 g/mol. The van der Waals surface area contributed by atoms with E-state index in [0.717, 1.165) is 19.4 Å². The van der Waals surface area contributed by atoms with Gasteiger partial charge in [-0.05, 0) is 19.4 Å². The fourth-order valence-electron chi connectivity index (χ4n) is 1.20. The normalized spacial score (nSPS) is 25.1. The molecule has 1 N–H and O–H groups in total. The van der Waals surface area contributed by atoms with E-state index in [1.54, 1.807) is 7.11 Å². The number of Topliss-reactive ketones (excluding diaryl/α,β-unsaturated/α-hetero) is 1. The third kappa shape index (κ3) is 1.78. The SMILES string of the molecule is COCC(=O)C1CCCN1. The maximum Gasteiger partial charge on any atom is 0.175 e. The van der Waals surface area contributed by atoms with Crippen LogP contribution in [0.5, 0.6) is 0 Å². The van der Waals surface area contributed by atoms with Crippen LogP contribution in [0.2, 0.25) is 0 Å². The summed E-state index contributed by atoms with van der Waals surface area (Å²) >= 11 is 0. The first-order valence-corrected chi connectivity index (χ1v) is 3.59. The van der Waals surface area contributed by atoms with Crippen LogP contribution in [0.15, 0.2) is 0 Å². The van der Waals surface area contributed by atoms with Crippen molar-refractivity contribution in [2.75, 3.05) is 20.3 Å². The zero-order valence-electron chi connectivity index (χ0n) is 6.22. The fraction of sp³-hybridized carbons (Fsp3) is 0.857. The molecule has 58 valence electrons. The van der Waals surface area contributed by atoms with Crippen LogP contribution in [-0.2, 0) is 9.53 Å². The van der Waals surface area contributed by atoms with Crippen molar-refractivity contribution in [2.45, 2.75) is 18.9 Å². The summed E-state index contributed by atoms with van der Waals surface area (Å²) in [5, 5.41) is 3.11. The van der Waals surface area contributed by atoms with Crippen molar-refractivity contribution < 1.29 is 9.53 Å². The van der Waals surface area contributed by atoms with Crippen molar-refractivity contribution in [3.8, 4) is 0 Å². The lowest BCUT2D eigenvalue weighted by molar-refractivity contribution is -0.124. The molecule has 0 bridgehead atoms. The first-order valence-electron chi connectivity index (χ1n) is 3.59. The van der Waals surface area contributed by atoms with E-state index in [1.165, 1.54) is 0 Å². The molecule has 1 aliphatic rings. The maximum atomic E-state index is 11.1. The van der Waals surface area contributed by atoms with Crippen LogP contribution in [0.4, 0.5) is 0 Å². The largest absolute Gasteiger partial charge is 0.377 e. The predicted molar refractivity (Wildman–Crippen MR) is 37.9 cm³/mol. The number of hydrogen-bond donors (Lipinski definition) is 1. The minimum absolute atomic E-state index is 0.0694. The third-order valence-electron chi connectivity index (χ3n) is 1.74. The van der Waals surface area contributed by atoms with Gasteiger partial charge in [0.05, 0.1) is 6.04 Å². The van der Waals surface area contributed by atoms with Crippen molar-refractivity contribution in [1.82, 2.24) is 5.32 Å². The summed E-state index contributed by atoms with van der Waals surface area (Å²) < 4.78 is 4.73. The number of methoxy groups -OCH3 is 1. The molecule has 0 saturated carbocycles. The van der Waals surface area contributed by atoms with E-state index in [1.807, 2.05) is 0 Å². The quantitative estimate of drug-likeness (QED) is 0.602. The molecular weight excluding hydrogens is 130 g/mol. The number of rotatable bonds is 3. The Morgan fingerprint density at radius 1 is 1.80 bits per heavy atom. The molecule has 0 aromatic heterocycles. The summed E-state index contributed by atoms with van der Waals surface area (Å²) in [5.74, 6) is 0.181. The van der Waals surface area contributed by atoms with Gasteiger partial charge in [-0.1, -0.05) is 0 Å². The summed E-state index contributed by atoms with van der Waals surface area (Å²) in [4.78, 5) is 11.1. The Kier molecular flexibility index (Phi) is 2.83. The zero-order valence-corrected chi connectivity index (χ0v) is 6.22. The lowest BCUT2D eigenvalue weighted by atomic mass is 10.1. The summed E-state index contributed by atoms with van der Waals surface area (Å²) in [6, 6.07) is 0.0694. The van der Waals surface area contributed by atoms with Crippen molar-refractivity contribution in [2.24, 2.45) is 0 Å². The number of nitrogens with one attached hydrogen (secondary N) is 1. The van der Waals surface area contributed by atoms with E-state index in [9.17, 15) is 4.79 Å². The number of carbonyl (C=O) groups excluding carboxylic acids is 1. The second-order valence-electron chi connectivity index (χ2n) is 2.55. The van der Waals surface area contributed by atoms with Gasteiger partial charge in [0.1, 0.15) is 6.61 Å². The van der Waals surface area contributed by atoms with Crippen molar-refractivity contribution in [1.29, 1.82) is 0 Å². The Labute approximate surface area is 60.7 Å². The Morgan fingerprint density at radius 2 is 2.60 bits per heavy atom. The average molecular weight is 143 g/mol. The topological polar surface area (TPSA) is 38.3 Å². The Bertz CT molecular complexity index is 119. The molecule has 3 heteroatoms. The van der Waals surface area contributed by atoms with Gasteiger partial charge in [0.2, 0.25) is 0 Å². The summed E-state index contributed by atoms with van der Waals surface area (Å²) in [6.45, 7) is 1.22. The van der Waals surface area contributed by atoms with Crippen molar-refractivity contribution in [3.63, 3.8) is 0 Å². The summed E-state index contributed by atoms with van der Waals surface area (Å²) in [6.07, 6.45) is 2.09. The Morgan fingerprint density at radius 3 is 3.10 bits per heavy atom. The smallest absolute Gasteiger partial charge is 0.175 e. The zero-order chi connectivity index (χ0) is 7.40. The predicted octanol–water partition coefficient (Wildman–Crippen LogP) is -0.0461. The highest BCUT2D eigenvalue weighted by molar-refractivity contribution is 5.85. The third-order valence-corrected chi connectivity index (χ3v) is 1.74. The highest BCUT2D eigenvalue weighted by atomic mass is 16.5. The molecule has 1 rings (SSSR count). The molecule has 0 spiro atoms. The fourth-order valence-corrected chi connectivity index (χ4v) is 1.20. The number of ether oxygens (including phenoxy) is 1. The van der Waals surface area contributed by atoms with Crippen LogP contribution >= 0.6 is 0 Å². The first kappa shape index (κ1) is 7.69. The van der Waals surface area contributed by atoms with Crippen molar-refractivity contribution in [3.05, 3.63) is 0 Å². The maximum absolute atomic E-state index is 11.1. The van der Waals surface area contributed by atoms with Gasteiger partial charge < -0.3 is 10.1 Å². The number of ketones is 1. The minimum atomic E-state index is 0.0694. The molecule has 0 aliphatic carbocycles. The molecule has 10 heavy (non-hydrogen) atoms. The van der Waals surface area contributed by atoms with E-state index in [2.05, 4.69) is 5.32 Å². The molecule has 1 heterocycles. The molecule has 0 radical (unpaired) electrons. The van der Waals surface area contributed by atoms with Crippen LogP contribution in [0.25, 0.3) is 0 Å². The molecular formula is C7H13NO2. The molecule has 0 aromatic carbocycles. The molecule has 1 saturated heterocycles. The standard InChI is InChI=1S/C7H13NO2/c1-10-5-7(9)6-3-2-4-8-6/h6,8H,2-5H2,1H3. The van der Waals surface area contributed by atoms with Gasteiger partial charge in [-0.2, -0.15) is 0 Å². The molecule has 1 atom stereocenters. The highest BCUT2D eigenvalue weighted by Gasteiger charge is 2.20. The second kappa shape index (κ2) is 3.68. The molecule has 3 nitrogen and oxygen atoms in total. The van der Waals surface area contributed by atoms with Crippen LogP contribution in [0.3, 0.4) is 0 Å². The van der Waals surface area contributed by atoms with E-state index in [4.69, 9.17) is 4.74 Å². The van der Waals surface area contributed by atoms with Gasteiger partial charge in [-0.3, -0.25) is 4.79 Å². The van der Waals surface area contributed by atoms with Crippen LogP contribution in [0, 0.1) is 0 Å². The molecule has 0 amide bonds. The summed E-state index contributed by atoms with van der Waals surface area (Å²) in [5.41, 5.74) is 0. The molecule has 1 unspecified atom stereocenters. The lowest BCUT2D eigenvalue weighted by Crippen LogP contribution is -2.33. The van der Waals surface area contributed by atoms with E-state index in [0.29, 0.717) is 0 Å². The molecule has 0 aromatic rings. The van der Waals surface area contributed by atoms with Crippen LogP contribution in [-0.4, -0.2) is 32.1 Å². The van der Waals surface area contributed by atoms with Gasteiger partial charge >= 0.3 is 0 Å². The average Bonchev–Trinajstić information content (AvgIpc) is 2.38. The van der Waals surface area contributed by atoms with E-state index < -0.39 is 0 Å². The highest BCUT2D eigenvalue weighted by Crippen LogP contribution is 2.05. The van der Waals surface area contributed by atoms with E-state index in [-0.39, 0.29) is 18.4 Å². The Balaban J connectivity index is 2.25. The van der Waals surface area contributed by atoms with Gasteiger partial charge in [0.25, 0.3) is 0 Å². The lowest BCUT2D eigenvalue weighted by Gasteiger charge is -2.06. The summed E-state index contributed by atoms with van der Waals surface area (Å²) in [7, 11) is 1.55. The van der Waals surface area contributed by atoms with Crippen LogP contribution < -0.4 is 5.32 Å². The van der Waals surface area contributed by atoms with Crippen molar-refractivity contribution >= 4 is 5.78 Å². The van der Waals surface area contributed by atoms with E-state index >= 15 is 0 Å². The van der Waals surface area contributed by atoms with Gasteiger partial charge in [-0.15, -0.1) is 0 Å². The molecule has 1 aliphatic heterocycles. The second-order valence-corrected chi connectivity index (χ2v) is 2.55. The Hall–Kier alpha value is -0.410. The van der Waals surface area contributed by atoms with Gasteiger partial charge in [-0.25, -0.2) is 0 Å². The number of hydrogen-bond acceptors (Lipinski definition) is 3. The van der Waals surface area contributed by atoms with Gasteiger partial charge in [0, 0.05) is 7.11 Å². The van der Waals surface area contributed by atoms with Crippen LogP contribution in [0.1, 0.15) is 12.8 Å².